The molecule has 3 N–H and O–H groups in total. The number of carboxylic acid groups (broad SMARTS) is 1. The van der Waals surface area contributed by atoms with E-state index in [1.165, 1.54) is 12.8 Å². The Morgan fingerprint density at radius 1 is 1.28 bits per heavy atom. The number of hydrogen-bond acceptors (Lipinski definition) is 2. The summed E-state index contributed by atoms with van der Waals surface area (Å²) in [5, 5.41) is 14.3. The molecule has 0 heterocycles. The van der Waals surface area contributed by atoms with E-state index in [0.717, 1.165) is 19.3 Å². The molecule has 0 aromatic rings. The highest BCUT2D eigenvalue weighted by atomic mass is 16.4. The minimum atomic E-state index is -0.985. The van der Waals surface area contributed by atoms with Gasteiger partial charge in [-0.2, -0.15) is 0 Å². The summed E-state index contributed by atoms with van der Waals surface area (Å²) in [6.07, 6.45) is 6.07. The molecule has 5 nitrogen and oxygen atoms in total. The molecule has 1 aliphatic carbocycles. The Kier molecular flexibility index (Phi) is 5.95. The fourth-order valence-electron chi connectivity index (χ4n) is 2.41. The van der Waals surface area contributed by atoms with Gasteiger partial charge in [-0.1, -0.05) is 33.1 Å². The molecular weight excluding hydrogens is 232 g/mol. The number of aliphatic carboxylic acids is 1. The van der Waals surface area contributed by atoms with Gasteiger partial charge in [0, 0.05) is 6.04 Å². The van der Waals surface area contributed by atoms with Crippen molar-refractivity contribution in [3.05, 3.63) is 0 Å². The second-order valence-corrected chi connectivity index (χ2v) is 5.14. The first-order valence-corrected chi connectivity index (χ1v) is 6.84. The van der Waals surface area contributed by atoms with Crippen molar-refractivity contribution in [3.8, 4) is 0 Å². The van der Waals surface area contributed by atoms with Crippen molar-refractivity contribution < 1.29 is 14.7 Å². The van der Waals surface area contributed by atoms with E-state index in [9.17, 15) is 9.59 Å². The second-order valence-electron chi connectivity index (χ2n) is 5.14. The third-order valence-corrected chi connectivity index (χ3v) is 3.69. The predicted octanol–water partition coefficient (Wildman–Crippen LogP) is 2.12. The molecule has 1 aliphatic rings. The van der Waals surface area contributed by atoms with Gasteiger partial charge in [0.2, 0.25) is 0 Å². The quantitative estimate of drug-likeness (QED) is 0.674. The van der Waals surface area contributed by atoms with Crippen molar-refractivity contribution in [2.75, 3.05) is 0 Å². The summed E-state index contributed by atoms with van der Waals surface area (Å²) in [7, 11) is 0. The summed E-state index contributed by atoms with van der Waals surface area (Å²) in [6, 6.07) is -0.993. The minimum absolute atomic E-state index is 0.166. The topological polar surface area (TPSA) is 78.4 Å². The van der Waals surface area contributed by atoms with E-state index in [1.807, 2.05) is 0 Å². The zero-order chi connectivity index (χ0) is 13.5. The van der Waals surface area contributed by atoms with Crippen LogP contribution in [0.4, 0.5) is 4.79 Å². The van der Waals surface area contributed by atoms with E-state index < -0.39 is 12.0 Å². The van der Waals surface area contributed by atoms with Crippen molar-refractivity contribution in [2.45, 2.75) is 64.5 Å². The SMILES string of the molecule is CCC(NC(=O)NC1CCCCCC1C)C(=O)O. The van der Waals surface area contributed by atoms with Crippen LogP contribution in [-0.4, -0.2) is 29.2 Å². The zero-order valence-corrected chi connectivity index (χ0v) is 11.2. The van der Waals surface area contributed by atoms with Crippen LogP contribution in [0.15, 0.2) is 0 Å². The molecule has 18 heavy (non-hydrogen) atoms. The van der Waals surface area contributed by atoms with Crippen LogP contribution in [0, 0.1) is 5.92 Å². The Bertz CT molecular complexity index is 294. The Labute approximate surface area is 108 Å². The molecule has 0 aromatic heterocycles. The van der Waals surface area contributed by atoms with Gasteiger partial charge in [-0.05, 0) is 25.2 Å². The average Bonchev–Trinajstić information content (AvgIpc) is 2.51. The van der Waals surface area contributed by atoms with Crippen LogP contribution in [0.2, 0.25) is 0 Å². The average molecular weight is 256 g/mol. The van der Waals surface area contributed by atoms with Gasteiger partial charge in [0.1, 0.15) is 6.04 Å². The van der Waals surface area contributed by atoms with Crippen LogP contribution in [0.5, 0.6) is 0 Å². The number of hydrogen-bond donors (Lipinski definition) is 3. The Morgan fingerprint density at radius 3 is 2.56 bits per heavy atom. The lowest BCUT2D eigenvalue weighted by Gasteiger charge is -2.24. The number of nitrogens with one attached hydrogen (secondary N) is 2. The van der Waals surface area contributed by atoms with Crippen molar-refractivity contribution in [1.29, 1.82) is 0 Å². The number of amides is 2. The Morgan fingerprint density at radius 2 is 1.94 bits per heavy atom. The summed E-state index contributed by atoms with van der Waals surface area (Å²) in [5.41, 5.74) is 0. The first-order chi connectivity index (χ1) is 8.54. The minimum Gasteiger partial charge on any atom is -0.480 e. The molecule has 0 aliphatic heterocycles. The van der Waals surface area contributed by atoms with Crippen molar-refractivity contribution >= 4 is 12.0 Å². The molecule has 2 amide bonds. The normalized spacial score (nSPS) is 25.9. The van der Waals surface area contributed by atoms with Crippen LogP contribution in [-0.2, 0) is 4.79 Å². The van der Waals surface area contributed by atoms with E-state index in [-0.39, 0.29) is 12.1 Å². The molecule has 3 atom stereocenters. The third kappa shape index (κ3) is 4.55. The second kappa shape index (κ2) is 7.24. The van der Waals surface area contributed by atoms with Gasteiger partial charge in [-0.3, -0.25) is 0 Å². The highest BCUT2D eigenvalue weighted by Gasteiger charge is 2.23. The van der Waals surface area contributed by atoms with Gasteiger partial charge >= 0.3 is 12.0 Å². The molecule has 0 radical (unpaired) electrons. The van der Waals surface area contributed by atoms with Gasteiger partial charge in [0.05, 0.1) is 0 Å². The predicted molar refractivity (Wildman–Crippen MR) is 69.4 cm³/mol. The molecule has 1 rings (SSSR count). The van der Waals surface area contributed by atoms with Gasteiger partial charge in [-0.25, -0.2) is 9.59 Å². The van der Waals surface area contributed by atoms with Crippen molar-refractivity contribution in [1.82, 2.24) is 10.6 Å². The maximum absolute atomic E-state index is 11.8. The van der Waals surface area contributed by atoms with E-state index in [1.54, 1.807) is 6.92 Å². The van der Waals surface area contributed by atoms with Gasteiger partial charge in [0.15, 0.2) is 0 Å². The number of carbonyl (C=O) groups excluding carboxylic acids is 1. The summed E-state index contributed by atoms with van der Waals surface area (Å²) in [4.78, 5) is 22.6. The fourth-order valence-corrected chi connectivity index (χ4v) is 2.41. The molecule has 0 aromatic carbocycles. The van der Waals surface area contributed by atoms with E-state index in [2.05, 4.69) is 17.6 Å². The number of urea groups is 1. The molecule has 104 valence electrons. The first kappa shape index (κ1) is 14.8. The van der Waals surface area contributed by atoms with Crippen LogP contribution in [0.3, 0.4) is 0 Å². The van der Waals surface area contributed by atoms with Crippen molar-refractivity contribution in [3.63, 3.8) is 0 Å². The Hall–Kier alpha value is -1.26. The van der Waals surface area contributed by atoms with Crippen LogP contribution in [0.25, 0.3) is 0 Å². The maximum Gasteiger partial charge on any atom is 0.326 e. The van der Waals surface area contributed by atoms with Crippen LogP contribution >= 0.6 is 0 Å². The van der Waals surface area contributed by atoms with Gasteiger partial charge < -0.3 is 15.7 Å². The van der Waals surface area contributed by atoms with E-state index in [4.69, 9.17) is 5.11 Å². The summed E-state index contributed by atoms with van der Waals surface area (Å²) < 4.78 is 0. The first-order valence-electron chi connectivity index (χ1n) is 6.84. The molecule has 0 saturated heterocycles. The van der Waals surface area contributed by atoms with Crippen molar-refractivity contribution in [2.24, 2.45) is 5.92 Å². The highest BCUT2D eigenvalue weighted by molar-refractivity contribution is 5.82. The Balaban J connectivity index is 2.44. The summed E-state index contributed by atoms with van der Waals surface area (Å²) in [6.45, 7) is 3.89. The lowest BCUT2D eigenvalue weighted by Crippen LogP contribution is -2.50. The molecular formula is C13H24N2O3. The number of rotatable bonds is 4. The monoisotopic (exact) mass is 256 g/mol. The summed E-state index contributed by atoms with van der Waals surface area (Å²) >= 11 is 0. The molecule has 1 fully saturated rings. The maximum atomic E-state index is 11.8. The smallest absolute Gasteiger partial charge is 0.326 e. The third-order valence-electron chi connectivity index (χ3n) is 3.69. The molecule has 1 saturated carbocycles. The lowest BCUT2D eigenvalue weighted by molar-refractivity contribution is -0.139. The fraction of sp³-hybridized carbons (Fsp3) is 0.846. The standard InChI is InChI=1S/C13H24N2O3/c1-3-10(12(16)17)14-13(18)15-11-8-6-4-5-7-9(11)2/h9-11H,3-8H2,1-2H3,(H,16,17)(H2,14,15,18). The van der Waals surface area contributed by atoms with E-state index >= 15 is 0 Å². The number of carbonyl (C=O) groups is 2. The summed E-state index contributed by atoms with van der Waals surface area (Å²) in [5.74, 6) is -0.523. The molecule has 5 heteroatoms. The zero-order valence-electron chi connectivity index (χ0n) is 11.2. The van der Waals surface area contributed by atoms with E-state index in [0.29, 0.717) is 12.3 Å². The van der Waals surface area contributed by atoms with Crippen LogP contribution < -0.4 is 10.6 Å². The number of carboxylic acids is 1. The van der Waals surface area contributed by atoms with Crippen LogP contribution in [0.1, 0.15) is 52.4 Å². The lowest BCUT2D eigenvalue weighted by atomic mass is 9.97. The largest absolute Gasteiger partial charge is 0.480 e. The van der Waals surface area contributed by atoms with Gasteiger partial charge in [-0.15, -0.1) is 0 Å². The van der Waals surface area contributed by atoms with Gasteiger partial charge in [0.25, 0.3) is 0 Å². The molecule has 3 unspecified atom stereocenters. The molecule has 0 bridgehead atoms. The molecule has 0 spiro atoms. The highest BCUT2D eigenvalue weighted by Crippen LogP contribution is 2.22.